The molecule has 0 spiro atoms. The summed E-state index contributed by atoms with van der Waals surface area (Å²) in [4.78, 5) is 26.9. The Morgan fingerprint density at radius 1 is 1.20 bits per heavy atom. The first-order chi connectivity index (χ1) is 7.08. The van der Waals surface area contributed by atoms with E-state index in [1.807, 2.05) is 0 Å². The number of aromatic amines is 1. The van der Waals surface area contributed by atoms with Crippen LogP contribution < -0.4 is 0 Å². The van der Waals surface area contributed by atoms with Gasteiger partial charge in [-0.2, -0.15) is 0 Å². The summed E-state index contributed by atoms with van der Waals surface area (Å²) in [6.45, 7) is 0. The summed E-state index contributed by atoms with van der Waals surface area (Å²) < 4.78 is 0. The van der Waals surface area contributed by atoms with Gasteiger partial charge >= 0.3 is 11.9 Å². The van der Waals surface area contributed by atoms with Crippen LogP contribution in [0.15, 0.2) is 18.3 Å². The standard InChI is InChI=1S/C9H8N2O4/c12-8(13)3-1-6-5-10-7(11-6)2-4-9(14)15/h1-5H,(H,10,11)(H,12,13)(H,14,15). The van der Waals surface area contributed by atoms with Crippen molar-refractivity contribution < 1.29 is 19.8 Å². The maximum absolute atomic E-state index is 10.2. The van der Waals surface area contributed by atoms with E-state index in [0.717, 1.165) is 12.2 Å². The largest absolute Gasteiger partial charge is 0.478 e. The lowest BCUT2D eigenvalue weighted by Gasteiger charge is -1.81. The highest BCUT2D eigenvalue weighted by atomic mass is 16.4. The summed E-state index contributed by atoms with van der Waals surface area (Å²) in [5.74, 6) is -1.79. The van der Waals surface area contributed by atoms with Crippen molar-refractivity contribution in [1.82, 2.24) is 9.97 Å². The van der Waals surface area contributed by atoms with Crippen molar-refractivity contribution in [3.63, 3.8) is 0 Å². The zero-order valence-corrected chi connectivity index (χ0v) is 7.54. The number of carboxylic acid groups (broad SMARTS) is 2. The molecule has 1 aromatic heterocycles. The highest BCUT2D eigenvalue weighted by Crippen LogP contribution is 2.01. The minimum Gasteiger partial charge on any atom is -0.478 e. The van der Waals surface area contributed by atoms with E-state index in [1.165, 1.54) is 18.3 Å². The molecule has 78 valence electrons. The molecule has 0 aliphatic rings. The van der Waals surface area contributed by atoms with Crippen LogP contribution in [-0.2, 0) is 9.59 Å². The van der Waals surface area contributed by atoms with E-state index < -0.39 is 11.9 Å². The third-order valence-corrected chi connectivity index (χ3v) is 1.40. The topological polar surface area (TPSA) is 103 Å². The Kier molecular flexibility index (Phi) is 3.39. The van der Waals surface area contributed by atoms with E-state index in [1.54, 1.807) is 0 Å². The number of nitrogens with zero attached hydrogens (tertiary/aromatic N) is 1. The maximum atomic E-state index is 10.2. The molecular weight excluding hydrogens is 200 g/mol. The fraction of sp³-hybridized carbons (Fsp3) is 0. The van der Waals surface area contributed by atoms with Crippen LogP contribution in [0.3, 0.4) is 0 Å². The van der Waals surface area contributed by atoms with E-state index >= 15 is 0 Å². The van der Waals surface area contributed by atoms with Crippen LogP contribution in [-0.4, -0.2) is 32.1 Å². The summed E-state index contributed by atoms with van der Waals surface area (Å²) in [7, 11) is 0. The molecule has 0 fully saturated rings. The van der Waals surface area contributed by atoms with Crippen LogP contribution in [0.1, 0.15) is 11.5 Å². The second kappa shape index (κ2) is 4.75. The number of rotatable bonds is 4. The Morgan fingerprint density at radius 3 is 2.40 bits per heavy atom. The van der Waals surface area contributed by atoms with Gasteiger partial charge in [-0.3, -0.25) is 0 Å². The second-order valence-corrected chi connectivity index (χ2v) is 2.55. The van der Waals surface area contributed by atoms with Gasteiger partial charge in [-0.15, -0.1) is 0 Å². The molecular formula is C9H8N2O4. The molecule has 6 nitrogen and oxygen atoms in total. The minimum absolute atomic E-state index is 0.349. The SMILES string of the molecule is O=C(O)C=Cc1c[nH]c(C=CC(=O)O)n1. The van der Waals surface area contributed by atoms with Gasteiger partial charge in [-0.25, -0.2) is 14.6 Å². The molecule has 0 saturated carbocycles. The molecule has 3 N–H and O–H groups in total. The lowest BCUT2D eigenvalue weighted by atomic mass is 10.4. The summed E-state index contributed by atoms with van der Waals surface area (Å²) in [5, 5.41) is 16.7. The Morgan fingerprint density at radius 2 is 1.80 bits per heavy atom. The van der Waals surface area contributed by atoms with Crippen LogP contribution in [0.25, 0.3) is 12.2 Å². The van der Waals surface area contributed by atoms with Crippen LogP contribution in [0, 0.1) is 0 Å². The Hall–Kier alpha value is -2.37. The molecule has 0 atom stereocenters. The number of H-pyrrole nitrogens is 1. The van der Waals surface area contributed by atoms with Crippen LogP contribution in [0.2, 0.25) is 0 Å². The predicted octanol–water partition coefficient (Wildman–Crippen LogP) is 0.605. The summed E-state index contributed by atoms with van der Waals surface area (Å²) in [6, 6.07) is 0. The molecule has 0 aliphatic carbocycles. The lowest BCUT2D eigenvalue weighted by Crippen LogP contribution is -1.87. The van der Waals surface area contributed by atoms with E-state index in [4.69, 9.17) is 10.2 Å². The maximum Gasteiger partial charge on any atom is 0.328 e. The first-order valence-electron chi connectivity index (χ1n) is 3.95. The van der Waals surface area contributed by atoms with Crippen molar-refractivity contribution in [1.29, 1.82) is 0 Å². The summed E-state index contributed by atoms with van der Waals surface area (Å²) in [6.07, 6.45) is 5.93. The second-order valence-electron chi connectivity index (χ2n) is 2.55. The third-order valence-electron chi connectivity index (χ3n) is 1.40. The van der Waals surface area contributed by atoms with Crippen molar-refractivity contribution in [2.75, 3.05) is 0 Å². The predicted molar refractivity (Wildman–Crippen MR) is 51.9 cm³/mol. The summed E-state index contributed by atoms with van der Waals surface area (Å²) in [5.41, 5.74) is 0.419. The first-order valence-corrected chi connectivity index (χ1v) is 3.95. The van der Waals surface area contributed by atoms with Crippen molar-refractivity contribution in [2.24, 2.45) is 0 Å². The summed E-state index contributed by atoms with van der Waals surface area (Å²) >= 11 is 0. The van der Waals surface area contributed by atoms with Crippen LogP contribution >= 0.6 is 0 Å². The van der Waals surface area contributed by atoms with Gasteiger partial charge in [0.05, 0.1) is 5.69 Å². The number of carboxylic acids is 2. The molecule has 0 bridgehead atoms. The molecule has 1 aromatic rings. The molecule has 0 unspecified atom stereocenters. The average molecular weight is 208 g/mol. The number of hydrogen-bond donors (Lipinski definition) is 3. The van der Waals surface area contributed by atoms with E-state index in [9.17, 15) is 9.59 Å². The zero-order chi connectivity index (χ0) is 11.3. The van der Waals surface area contributed by atoms with Gasteiger partial charge in [-0.1, -0.05) is 0 Å². The van der Waals surface area contributed by atoms with Gasteiger partial charge in [0.2, 0.25) is 0 Å². The van der Waals surface area contributed by atoms with Crippen LogP contribution in [0.5, 0.6) is 0 Å². The van der Waals surface area contributed by atoms with Gasteiger partial charge in [-0.05, 0) is 12.2 Å². The molecule has 0 aromatic carbocycles. The number of aliphatic carboxylic acids is 2. The van der Waals surface area contributed by atoms with E-state index in [0.29, 0.717) is 11.5 Å². The van der Waals surface area contributed by atoms with Crippen molar-refractivity contribution >= 4 is 24.1 Å². The number of carbonyl (C=O) groups is 2. The van der Waals surface area contributed by atoms with Gasteiger partial charge in [0, 0.05) is 18.3 Å². The lowest BCUT2D eigenvalue weighted by molar-refractivity contribution is -0.132. The fourth-order valence-electron chi connectivity index (χ4n) is 0.829. The molecule has 0 amide bonds. The van der Waals surface area contributed by atoms with Crippen molar-refractivity contribution in [3.05, 3.63) is 29.9 Å². The Bertz CT molecular complexity index is 393. The number of hydrogen-bond acceptors (Lipinski definition) is 3. The van der Waals surface area contributed by atoms with Gasteiger partial charge < -0.3 is 15.2 Å². The van der Waals surface area contributed by atoms with Gasteiger partial charge in [0.15, 0.2) is 0 Å². The number of imidazole rings is 1. The first kappa shape index (κ1) is 10.7. The molecule has 1 rings (SSSR count). The van der Waals surface area contributed by atoms with Crippen molar-refractivity contribution in [2.45, 2.75) is 0 Å². The quantitative estimate of drug-likeness (QED) is 0.629. The van der Waals surface area contributed by atoms with Crippen molar-refractivity contribution in [3.8, 4) is 0 Å². The van der Waals surface area contributed by atoms with Gasteiger partial charge in [0.25, 0.3) is 0 Å². The highest BCUT2D eigenvalue weighted by molar-refractivity contribution is 5.85. The third kappa shape index (κ3) is 3.90. The highest BCUT2D eigenvalue weighted by Gasteiger charge is 1.96. The van der Waals surface area contributed by atoms with E-state index in [2.05, 4.69) is 9.97 Å². The molecule has 0 saturated heterocycles. The van der Waals surface area contributed by atoms with E-state index in [-0.39, 0.29) is 0 Å². The number of nitrogens with one attached hydrogen (secondary N) is 1. The normalized spacial score (nSPS) is 11.2. The molecule has 1 heterocycles. The van der Waals surface area contributed by atoms with Gasteiger partial charge in [0.1, 0.15) is 5.82 Å². The molecule has 6 heteroatoms. The Labute approximate surface area is 84.6 Å². The minimum atomic E-state index is -1.07. The van der Waals surface area contributed by atoms with Crippen LogP contribution in [0.4, 0.5) is 0 Å². The fourth-order valence-corrected chi connectivity index (χ4v) is 0.829. The Balaban J connectivity index is 2.72. The molecule has 0 aliphatic heterocycles. The smallest absolute Gasteiger partial charge is 0.328 e. The zero-order valence-electron chi connectivity index (χ0n) is 7.54. The molecule has 15 heavy (non-hydrogen) atoms. The molecule has 0 radical (unpaired) electrons. The monoisotopic (exact) mass is 208 g/mol. The average Bonchev–Trinajstić information content (AvgIpc) is 2.59. The number of aromatic nitrogens is 2.